The van der Waals surface area contributed by atoms with E-state index in [9.17, 15) is 0 Å². The first kappa shape index (κ1) is 14.3. The summed E-state index contributed by atoms with van der Waals surface area (Å²) in [6.07, 6.45) is 9.98. The Morgan fingerprint density at radius 3 is 2.14 bits per heavy atom. The van der Waals surface area contributed by atoms with E-state index in [1.54, 1.807) is 0 Å². The lowest BCUT2D eigenvalue weighted by atomic mass is 10.1. The summed E-state index contributed by atoms with van der Waals surface area (Å²) in [6.45, 7) is 6.90. The van der Waals surface area contributed by atoms with E-state index in [0.717, 1.165) is 5.92 Å². The molecule has 14 heavy (non-hydrogen) atoms. The van der Waals surface area contributed by atoms with Crippen molar-refractivity contribution in [3.05, 3.63) is 0 Å². The molecule has 0 rings (SSSR count). The molecule has 0 aromatic rings. The van der Waals surface area contributed by atoms with E-state index in [-0.39, 0.29) is 0 Å². The molecule has 0 heterocycles. The molecule has 0 aliphatic carbocycles. The summed E-state index contributed by atoms with van der Waals surface area (Å²) in [5.41, 5.74) is 0. The summed E-state index contributed by atoms with van der Waals surface area (Å²) >= 11 is 2.15. The fraction of sp³-hybridized carbons (Fsp3) is 1.00. The van der Waals surface area contributed by atoms with Crippen LogP contribution < -0.4 is 0 Å². The van der Waals surface area contributed by atoms with Crippen molar-refractivity contribution in [3.63, 3.8) is 0 Å². The zero-order valence-electron chi connectivity index (χ0n) is 10.3. The fourth-order valence-electron chi connectivity index (χ4n) is 1.41. The van der Waals surface area contributed by atoms with Crippen LogP contribution in [-0.2, 0) is 0 Å². The molecule has 0 unspecified atom stereocenters. The fourth-order valence-corrected chi connectivity index (χ4v) is 2.66. The van der Waals surface area contributed by atoms with Crippen LogP contribution in [0.4, 0.5) is 0 Å². The number of thioether (sulfide) groups is 1. The average molecular weight is 216 g/mol. The van der Waals surface area contributed by atoms with Gasteiger partial charge in [0.1, 0.15) is 0 Å². The summed E-state index contributed by atoms with van der Waals surface area (Å²) < 4.78 is 0. The van der Waals surface area contributed by atoms with Gasteiger partial charge in [-0.2, -0.15) is 11.8 Å². The van der Waals surface area contributed by atoms with Crippen molar-refractivity contribution in [2.45, 2.75) is 65.7 Å². The van der Waals surface area contributed by atoms with Crippen LogP contribution in [0.1, 0.15) is 65.7 Å². The van der Waals surface area contributed by atoms with Crippen LogP contribution in [0.25, 0.3) is 0 Å². The molecule has 1 heteroatoms. The highest BCUT2D eigenvalue weighted by atomic mass is 32.2. The highest BCUT2D eigenvalue weighted by Crippen LogP contribution is 2.12. The lowest BCUT2D eigenvalue weighted by molar-refractivity contribution is 0.623. The van der Waals surface area contributed by atoms with Gasteiger partial charge in [0.05, 0.1) is 0 Å². The molecule has 0 radical (unpaired) electrons. The van der Waals surface area contributed by atoms with Gasteiger partial charge in [-0.25, -0.2) is 0 Å². The minimum Gasteiger partial charge on any atom is -0.162 e. The molecular weight excluding hydrogens is 188 g/mol. The van der Waals surface area contributed by atoms with Gasteiger partial charge in [-0.15, -0.1) is 0 Å². The monoisotopic (exact) mass is 216 g/mol. The molecule has 0 atom stereocenters. The predicted molar refractivity (Wildman–Crippen MR) is 70.2 cm³/mol. The molecule has 0 N–H and O–H groups in total. The second-order valence-corrected chi connectivity index (χ2v) is 5.79. The molecule has 0 spiro atoms. The van der Waals surface area contributed by atoms with E-state index in [0.29, 0.717) is 0 Å². The molecule has 0 amide bonds. The Labute approximate surface area is 95.2 Å². The van der Waals surface area contributed by atoms with Gasteiger partial charge in [-0.05, 0) is 30.3 Å². The molecule has 0 aromatic carbocycles. The van der Waals surface area contributed by atoms with Gasteiger partial charge in [0.2, 0.25) is 0 Å². The molecule has 0 aromatic heterocycles. The molecule has 0 nitrogen and oxygen atoms in total. The van der Waals surface area contributed by atoms with Gasteiger partial charge >= 0.3 is 0 Å². The first-order valence-corrected chi connectivity index (χ1v) is 7.50. The van der Waals surface area contributed by atoms with E-state index in [2.05, 4.69) is 32.5 Å². The summed E-state index contributed by atoms with van der Waals surface area (Å²) in [6, 6.07) is 0. The topological polar surface area (TPSA) is 0 Å². The van der Waals surface area contributed by atoms with Crippen molar-refractivity contribution in [2.75, 3.05) is 11.5 Å². The minimum absolute atomic E-state index is 0.882. The maximum Gasteiger partial charge on any atom is -0.00651 e. The predicted octanol–water partition coefficient (Wildman–Crippen LogP) is 5.13. The maximum absolute atomic E-state index is 2.31. The normalized spacial score (nSPS) is 11.1. The largest absolute Gasteiger partial charge is 0.162 e. The third kappa shape index (κ3) is 12.3. The molecule has 0 saturated heterocycles. The van der Waals surface area contributed by atoms with Crippen LogP contribution in [0.2, 0.25) is 0 Å². The van der Waals surface area contributed by atoms with Gasteiger partial charge in [0, 0.05) is 0 Å². The van der Waals surface area contributed by atoms with Crippen molar-refractivity contribution < 1.29 is 0 Å². The van der Waals surface area contributed by atoms with Crippen LogP contribution in [-0.4, -0.2) is 11.5 Å². The number of hydrogen-bond donors (Lipinski definition) is 0. The zero-order chi connectivity index (χ0) is 10.6. The van der Waals surface area contributed by atoms with E-state index in [1.807, 2.05) is 0 Å². The lowest BCUT2D eigenvalue weighted by Crippen LogP contribution is -1.91. The first-order chi connectivity index (χ1) is 6.77. The molecule has 86 valence electrons. The van der Waals surface area contributed by atoms with Gasteiger partial charge < -0.3 is 0 Å². The Morgan fingerprint density at radius 1 is 0.857 bits per heavy atom. The summed E-state index contributed by atoms with van der Waals surface area (Å²) in [4.78, 5) is 0. The summed E-state index contributed by atoms with van der Waals surface area (Å²) in [5.74, 6) is 3.64. The highest BCUT2D eigenvalue weighted by Gasteiger charge is 1.94. The molecule has 0 aliphatic rings. The van der Waals surface area contributed by atoms with E-state index < -0.39 is 0 Å². The van der Waals surface area contributed by atoms with Crippen LogP contribution in [0.3, 0.4) is 0 Å². The molecule has 0 aliphatic heterocycles. The Balaban J connectivity index is 2.85. The summed E-state index contributed by atoms with van der Waals surface area (Å²) in [7, 11) is 0. The van der Waals surface area contributed by atoms with Gasteiger partial charge in [-0.1, -0.05) is 52.9 Å². The molecule has 0 saturated carbocycles. The Kier molecular flexibility index (Phi) is 11.7. The number of unbranched alkanes of at least 4 members (excludes halogenated alkanes) is 5. The van der Waals surface area contributed by atoms with E-state index in [4.69, 9.17) is 0 Å². The highest BCUT2D eigenvalue weighted by molar-refractivity contribution is 7.99. The molecule has 0 fully saturated rings. The first-order valence-electron chi connectivity index (χ1n) is 6.35. The second-order valence-electron chi connectivity index (χ2n) is 4.56. The van der Waals surface area contributed by atoms with Gasteiger partial charge in [0.15, 0.2) is 0 Å². The zero-order valence-corrected chi connectivity index (χ0v) is 11.2. The molecule has 0 bridgehead atoms. The third-order valence-electron chi connectivity index (χ3n) is 2.48. The van der Waals surface area contributed by atoms with Crippen molar-refractivity contribution in [2.24, 2.45) is 5.92 Å². The van der Waals surface area contributed by atoms with Crippen LogP contribution >= 0.6 is 11.8 Å². The average Bonchev–Trinajstić information content (AvgIpc) is 2.15. The molecular formula is C13H28S. The van der Waals surface area contributed by atoms with Crippen LogP contribution in [0.5, 0.6) is 0 Å². The van der Waals surface area contributed by atoms with Gasteiger partial charge in [0.25, 0.3) is 0 Å². The Morgan fingerprint density at radius 2 is 1.50 bits per heavy atom. The third-order valence-corrected chi connectivity index (χ3v) is 3.58. The van der Waals surface area contributed by atoms with E-state index >= 15 is 0 Å². The van der Waals surface area contributed by atoms with Crippen molar-refractivity contribution >= 4 is 11.8 Å². The quantitative estimate of drug-likeness (QED) is 0.456. The van der Waals surface area contributed by atoms with Crippen molar-refractivity contribution in [1.82, 2.24) is 0 Å². The standard InChI is InChI=1S/C13H28S/c1-4-5-6-7-8-9-11-14-12-10-13(2)3/h13H,4-12H2,1-3H3. The lowest BCUT2D eigenvalue weighted by Gasteiger charge is -2.04. The summed E-state index contributed by atoms with van der Waals surface area (Å²) in [5, 5.41) is 0. The smallest absolute Gasteiger partial charge is 0.00651 e. The van der Waals surface area contributed by atoms with Crippen molar-refractivity contribution in [1.29, 1.82) is 0 Å². The van der Waals surface area contributed by atoms with Crippen LogP contribution in [0.15, 0.2) is 0 Å². The van der Waals surface area contributed by atoms with Crippen LogP contribution in [0, 0.1) is 5.92 Å². The maximum atomic E-state index is 2.31. The minimum atomic E-state index is 0.882. The SMILES string of the molecule is CCCCCCCCSCCC(C)C. The van der Waals surface area contributed by atoms with E-state index in [1.165, 1.54) is 56.5 Å². The number of hydrogen-bond acceptors (Lipinski definition) is 1. The van der Waals surface area contributed by atoms with Crippen molar-refractivity contribution in [3.8, 4) is 0 Å². The van der Waals surface area contributed by atoms with Gasteiger partial charge in [-0.3, -0.25) is 0 Å². The number of rotatable bonds is 10. The second kappa shape index (κ2) is 11.4. The Hall–Kier alpha value is 0.350. The Bertz CT molecular complexity index is 99.4.